The van der Waals surface area contributed by atoms with Crippen molar-refractivity contribution in [3.05, 3.63) is 60.7 Å². The molecule has 0 unspecified atom stereocenters. The Kier molecular flexibility index (Phi) is 2.82. The maximum absolute atomic E-state index is 14.6. The number of nitrogens with zero attached hydrogens (tertiary/aromatic N) is 4. The number of benzene rings is 1. The zero-order chi connectivity index (χ0) is 14.9. The predicted octanol–water partition coefficient (Wildman–Crippen LogP) is 3.00. The Bertz CT molecular complexity index is 914. The molecule has 108 valence electrons. The summed E-state index contributed by atoms with van der Waals surface area (Å²) in [5.41, 5.74) is 1.15. The Morgan fingerprint density at radius 2 is 1.91 bits per heavy atom. The molecule has 0 fully saturated rings. The van der Waals surface area contributed by atoms with Gasteiger partial charge in [-0.25, -0.2) is 9.37 Å². The lowest BCUT2D eigenvalue weighted by atomic mass is 10.1. The minimum absolute atomic E-state index is 0.170. The first-order valence-corrected chi connectivity index (χ1v) is 6.68. The fourth-order valence-corrected chi connectivity index (χ4v) is 2.26. The molecular formula is C15H11FN6. The van der Waals surface area contributed by atoms with Crippen molar-refractivity contribution in [3.63, 3.8) is 0 Å². The minimum atomic E-state index is -0.445. The molecule has 3 heterocycles. The summed E-state index contributed by atoms with van der Waals surface area (Å²) in [5.74, 6) is 0.833. The molecule has 0 radical (unpaired) electrons. The molecule has 0 saturated heterocycles. The lowest BCUT2D eigenvalue weighted by Crippen LogP contribution is -2.01. The summed E-state index contributed by atoms with van der Waals surface area (Å²) in [6.07, 6.45) is 3.16. The molecule has 0 saturated carbocycles. The SMILES string of the molecule is Fc1c(-c2ccccc2)nn2c(Nc3ccn[nH]3)ccnc12. The van der Waals surface area contributed by atoms with E-state index in [1.54, 1.807) is 18.3 Å². The van der Waals surface area contributed by atoms with Crippen LogP contribution in [0.2, 0.25) is 0 Å². The van der Waals surface area contributed by atoms with Gasteiger partial charge in [-0.3, -0.25) is 5.10 Å². The molecule has 0 aliphatic carbocycles. The van der Waals surface area contributed by atoms with Crippen molar-refractivity contribution in [2.75, 3.05) is 5.32 Å². The number of H-pyrrole nitrogens is 1. The highest BCUT2D eigenvalue weighted by molar-refractivity contribution is 5.67. The third-order valence-corrected chi connectivity index (χ3v) is 3.27. The minimum Gasteiger partial charge on any atom is -0.325 e. The van der Waals surface area contributed by atoms with Crippen LogP contribution >= 0.6 is 0 Å². The van der Waals surface area contributed by atoms with Gasteiger partial charge < -0.3 is 5.32 Å². The summed E-state index contributed by atoms with van der Waals surface area (Å²) in [6, 6.07) is 12.7. The standard InChI is InChI=1S/C15H11FN6/c16-13-14(10-4-2-1-3-5-10)21-22-12(7-8-17-15(13)22)19-11-6-9-18-20-11/h1-9H,(H2,18,19,20). The van der Waals surface area contributed by atoms with E-state index in [-0.39, 0.29) is 11.3 Å². The van der Waals surface area contributed by atoms with Crippen LogP contribution in [0.15, 0.2) is 54.9 Å². The Balaban J connectivity index is 1.87. The molecule has 0 aliphatic heterocycles. The number of hydrogen-bond donors (Lipinski definition) is 2. The molecule has 0 spiro atoms. The molecule has 0 amide bonds. The molecule has 1 aromatic carbocycles. The molecule has 0 aliphatic rings. The van der Waals surface area contributed by atoms with Gasteiger partial charge in [-0.2, -0.15) is 14.7 Å². The van der Waals surface area contributed by atoms with E-state index >= 15 is 0 Å². The van der Waals surface area contributed by atoms with E-state index in [1.807, 2.05) is 30.3 Å². The van der Waals surface area contributed by atoms with Crippen LogP contribution < -0.4 is 5.32 Å². The number of aromatic amines is 1. The summed E-state index contributed by atoms with van der Waals surface area (Å²) in [4.78, 5) is 4.08. The first-order valence-electron chi connectivity index (χ1n) is 6.68. The number of nitrogens with one attached hydrogen (secondary N) is 2. The zero-order valence-corrected chi connectivity index (χ0v) is 11.4. The summed E-state index contributed by atoms with van der Waals surface area (Å²) in [6.45, 7) is 0. The third-order valence-electron chi connectivity index (χ3n) is 3.27. The van der Waals surface area contributed by atoms with Gasteiger partial charge in [0.05, 0.1) is 6.20 Å². The first-order chi connectivity index (χ1) is 10.8. The van der Waals surface area contributed by atoms with Gasteiger partial charge in [0.1, 0.15) is 17.3 Å². The smallest absolute Gasteiger partial charge is 0.195 e. The van der Waals surface area contributed by atoms with E-state index in [9.17, 15) is 4.39 Å². The van der Waals surface area contributed by atoms with Crippen LogP contribution in [0.1, 0.15) is 0 Å². The summed E-state index contributed by atoms with van der Waals surface area (Å²) in [5, 5.41) is 14.1. The maximum Gasteiger partial charge on any atom is 0.195 e. The second kappa shape index (κ2) is 4.96. The number of fused-ring (bicyclic) bond motifs is 1. The highest BCUT2D eigenvalue weighted by atomic mass is 19.1. The molecule has 22 heavy (non-hydrogen) atoms. The zero-order valence-electron chi connectivity index (χ0n) is 11.4. The number of rotatable bonds is 3. The highest BCUT2D eigenvalue weighted by Crippen LogP contribution is 2.25. The molecule has 0 atom stereocenters. The monoisotopic (exact) mass is 294 g/mol. The molecule has 6 nitrogen and oxygen atoms in total. The fraction of sp³-hybridized carbons (Fsp3) is 0. The van der Waals surface area contributed by atoms with Crippen molar-refractivity contribution >= 4 is 17.3 Å². The predicted molar refractivity (Wildman–Crippen MR) is 80.3 cm³/mol. The molecule has 0 bridgehead atoms. The highest BCUT2D eigenvalue weighted by Gasteiger charge is 2.17. The average Bonchev–Trinajstić information content (AvgIpc) is 3.18. The van der Waals surface area contributed by atoms with Crippen LogP contribution in [0.5, 0.6) is 0 Å². The fourth-order valence-electron chi connectivity index (χ4n) is 2.26. The van der Waals surface area contributed by atoms with Gasteiger partial charge in [0.15, 0.2) is 11.5 Å². The Hall–Kier alpha value is -3.22. The molecule has 2 N–H and O–H groups in total. The van der Waals surface area contributed by atoms with Crippen molar-refractivity contribution in [1.82, 2.24) is 24.8 Å². The van der Waals surface area contributed by atoms with Crippen LogP contribution in [-0.2, 0) is 0 Å². The quantitative estimate of drug-likeness (QED) is 0.609. The van der Waals surface area contributed by atoms with E-state index < -0.39 is 5.82 Å². The lowest BCUT2D eigenvalue weighted by Gasteiger charge is -2.04. The van der Waals surface area contributed by atoms with Crippen LogP contribution in [0.25, 0.3) is 16.9 Å². The number of aromatic nitrogens is 5. The van der Waals surface area contributed by atoms with Crippen LogP contribution in [0, 0.1) is 5.82 Å². The van der Waals surface area contributed by atoms with E-state index in [1.165, 1.54) is 10.7 Å². The van der Waals surface area contributed by atoms with E-state index in [0.717, 1.165) is 0 Å². The molecule has 4 aromatic rings. The normalized spacial score (nSPS) is 11.0. The van der Waals surface area contributed by atoms with Crippen molar-refractivity contribution < 1.29 is 4.39 Å². The number of halogens is 1. The largest absolute Gasteiger partial charge is 0.325 e. The summed E-state index contributed by atoms with van der Waals surface area (Å²) >= 11 is 0. The second-order valence-electron chi connectivity index (χ2n) is 4.69. The maximum atomic E-state index is 14.6. The molecular weight excluding hydrogens is 283 g/mol. The Morgan fingerprint density at radius 1 is 1.05 bits per heavy atom. The van der Waals surface area contributed by atoms with E-state index in [2.05, 4.69) is 25.6 Å². The lowest BCUT2D eigenvalue weighted by molar-refractivity contribution is 0.639. The van der Waals surface area contributed by atoms with Gasteiger partial charge >= 0.3 is 0 Å². The van der Waals surface area contributed by atoms with Crippen molar-refractivity contribution in [2.24, 2.45) is 0 Å². The van der Waals surface area contributed by atoms with Gasteiger partial charge in [-0.05, 0) is 6.07 Å². The van der Waals surface area contributed by atoms with E-state index in [0.29, 0.717) is 17.2 Å². The van der Waals surface area contributed by atoms with Gasteiger partial charge in [0.2, 0.25) is 0 Å². The van der Waals surface area contributed by atoms with Gasteiger partial charge in [0.25, 0.3) is 0 Å². The van der Waals surface area contributed by atoms with Gasteiger partial charge in [-0.1, -0.05) is 30.3 Å². The molecule has 7 heteroatoms. The van der Waals surface area contributed by atoms with Crippen LogP contribution in [0.3, 0.4) is 0 Å². The van der Waals surface area contributed by atoms with E-state index in [4.69, 9.17) is 0 Å². The van der Waals surface area contributed by atoms with Gasteiger partial charge in [0, 0.05) is 17.8 Å². The number of hydrogen-bond acceptors (Lipinski definition) is 4. The topological polar surface area (TPSA) is 70.9 Å². The van der Waals surface area contributed by atoms with Crippen LogP contribution in [0.4, 0.5) is 16.0 Å². The Morgan fingerprint density at radius 3 is 2.68 bits per heavy atom. The first kappa shape index (κ1) is 12.5. The van der Waals surface area contributed by atoms with Crippen molar-refractivity contribution in [1.29, 1.82) is 0 Å². The average molecular weight is 294 g/mol. The second-order valence-corrected chi connectivity index (χ2v) is 4.69. The van der Waals surface area contributed by atoms with Gasteiger partial charge in [-0.15, -0.1) is 0 Å². The molecule has 4 rings (SSSR count). The summed E-state index contributed by atoms with van der Waals surface area (Å²) in [7, 11) is 0. The van der Waals surface area contributed by atoms with Crippen LogP contribution in [-0.4, -0.2) is 24.8 Å². The van der Waals surface area contributed by atoms with Crippen molar-refractivity contribution in [3.8, 4) is 11.3 Å². The number of anilines is 2. The summed E-state index contributed by atoms with van der Waals surface area (Å²) < 4.78 is 16.0. The molecule has 3 aromatic heterocycles. The third kappa shape index (κ3) is 1.99. The van der Waals surface area contributed by atoms with Crippen molar-refractivity contribution in [2.45, 2.75) is 0 Å². The Labute approximate surface area is 124 Å².